The number of hydrogen-bond acceptors (Lipinski definition) is 5. The van der Waals surface area contributed by atoms with Crippen molar-refractivity contribution in [1.29, 1.82) is 0 Å². The Kier molecular flexibility index (Phi) is 4.51. The van der Waals surface area contributed by atoms with Gasteiger partial charge >= 0.3 is 0 Å². The monoisotopic (exact) mass is 350 g/mol. The highest BCUT2D eigenvalue weighted by Crippen LogP contribution is 2.30. The number of carbonyl (C=O) groups is 1. The Morgan fingerprint density at radius 2 is 1.88 bits per heavy atom. The summed E-state index contributed by atoms with van der Waals surface area (Å²) >= 11 is 0. The van der Waals surface area contributed by atoms with Crippen LogP contribution < -0.4 is 14.8 Å². The van der Waals surface area contributed by atoms with E-state index in [2.05, 4.69) is 15.5 Å². The lowest BCUT2D eigenvalue weighted by Gasteiger charge is -2.18. The van der Waals surface area contributed by atoms with Crippen LogP contribution in [0.1, 0.15) is 16.1 Å². The van der Waals surface area contributed by atoms with E-state index in [1.54, 1.807) is 0 Å². The second-order valence-electron chi connectivity index (χ2n) is 5.84. The van der Waals surface area contributed by atoms with Crippen molar-refractivity contribution in [2.24, 2.45) is 0 Å². The number of hydrogen-bond donors (Lipinski definition) is 1. The first-order chi connectivity index (χ1) is 12.8. The van der Waals surface area contributed by atoms with Crippen molar-refractivity contribution in [3.63, 3.8) is 0 Å². The van der Waals surface area contributed by atoms with Crippen LogP contribution in [0.5, 0.6) is 11.5 Å². The largest absolute Gasteiger partial charge is 0.486 e. The number of benzene rings is 2. The molecule has 1 aromatic heterocycles. The fourth-order valence-electron chi connectivity index (χ4n) is 2.71. The molecular formula is C19H18N4O3. The van der Waals surface area contributed by atoms with E-state index in [0.717, 1.165) is 22.7 Å². The van der Waals surface area contributed by atoms with Crippen LogP contribution in [0.2, 0.25) is 0 Å². The van der Waals surface area contributed by atoms with E-state index in [1.165, 1.54) is 11.0 Å². The lowest BCUT2D eigenvalue weighted by atomic mass is 10.1. The van der Waals surface area contributed by atoms with Gasteiger partial charge in [-0.3, -0.25) is 4.79 Å². The molecule has 0 spiro atoms. The first-order valence-electron chi connectivity index (χ1n) is 8.44. The van der Waals surface area contributed by atoms with Crippen LogP contribution in [0.25, 0.3) is 5.69 Å². The predicted molar refractivity (Wildman–Crippen MR) is 94.8 cm³/mol. The van der Waals surface area contributed by atoms with Gasteiger partial charge in [-0.05, 0) is 36.2 Å². The molecule has 7 nitrogen and oxygen atoms in total. The SMILES string of the molecule is O=C(NCCc1ccc2c(c1)OCCO2)c1cnn(-c2ccccc2)n1. The number of carbonyl (C=O) groups excluding carboxylic acids is 1. The van der Waals surface area contributed by atoms with Gasteiger partial charge in [-0.15, -0.1) is 5.10 Å². The van der Waals surface area contributed by atoms with Crippen molar-refractivity contribution < 1.29 is 14.3 Å². The zero-order valence-electron chi connectivity index (χ0n) is 14.1. The number of rotatable bonds is 5. The van der Waals surface area contributed by atoms with Crippen LogP contribution in [0, 0.1) is 0 Å². The summed E-state index contributed by atoms with van der Waals surface area (Å²) in [6.45, 7) is 1.63. The van der Waals surface area contributed by atoms with Gasteiger partial charge in [0.1, 0.15) is 13.2 Å². The van der Waals surface area contributed by atoms with Crippen LogP contribution in [0.15, 0.2) is 54.7 Å². The van der Waals surface area contributed by atoms with Crippen LogP contribution in [0.4, 0.5) is 0 Å². The number of para-hydroxylation sites is 1. The first-order valence-corrected chi connectivity index (χ1v) is 8.44. The normalized spacial score (nSPS) is 12.6. The molecule has 0 radical (unpaired) electrons. The lowest BCUT2D eigenvalue weighted by Crippen LogP contribution is -2.26. The average Bonchev–Trinajstić information content (AvgIpc) is 3.19. The molecule has 7 heteroatoms. The Morgan fingerprint density at radius 3 is 2.73 bits per heavy atom. The molecule has 1 aliphatic heterocycles. The molecular weight excluding hydrogens is 332 g/mol. The minimum absolute atomic E-state index is 0.246. The minimum Gasteiger partial charge on any atom is -0.486 e. The van der Waals surface area contributed by atoms with E-state index in [1.807, 2.05) is 48.5 Å². The van der Waals surface area contributed by atoms with Crippen molar-refractivity contribution in [2.45, 2.75) is 6.42 Å². The van der Waals surface area contributed by atoms with Crippen molar-refractivity contribution >= 4 is 5.91 Å². The Hall–Kier alpha value is -3.35. The van der Waals surface area contributed by atoms with Gasteiger partial charge in [0.05, 0.1) is 11.9 Å². The molecule has 132 valence electrons. The minimum atomic E-state index is -0.246. The summed E-state index contributed by atoms with van der Waals surface area (Å²) in [5.74, 6) is 1.28. The molecule has 2 aromatic carbocycles. The van der Waals surface area contributed by atoms with Crippen molar-refractivity contribution in [3.8, 4) is 17.2 Å². The Morgan fingerprint density at radius 1 is 1.08 bits per heavy atom. The molecule has 0 aliphatic carbocycles. The predicted octanol–water partition coefficient (Wildman–Crippen LogP) is 2.01. The second kappa shape index (κ2) is 7.26. The molecule has 1 aliphatic rings. The quantitative estimate of drug-likeness (QED) is 0.762. The van der Waals surface area contributed by atoms with E-state index in [-0.39, 0.29) is 11.6 Å². The van der Waals surface area contributed by atoms with Crippen LogP contribution in [-0.2, 0) is 6.42 Å². The standard InChI is InChI=1S/C19H18N4O3/c24-19(16-13-21-23(22-16)15-4-2-1-3-5-15)20-9-8-14-6-7-17-18(12-14)26-11-10-25-17/h1-7,12-13H,8-11H2,(H,20,24). The third-order valence-electron chi connectivity index (χ3n) is 4.02. The van der Waals surface area contributed by atoms with Gasteiger partial charge in [0, 0.05) is 6.54 Å². The highest BCUT2D eigenvalue weighted by Gasteiger charge is 2.13. The van der Waals surface area contributed by atoms with Crippen molar-refractivity contribution in [1.82, 2.24) is 20.3 Å². The van der Waals surface area contributed by atoms with Crippen LogP contribution >= 0.6 is 0 Å². The zero-order valence-corrected chi connectivity index (χ0v) is 14.1. The second-order valence-corrected chi connectivity index (χ2v) is 5.84. The summed E-state index contributed by atoms with van der Waals surface area (Å²) in [5, 5.41) is 11.2. The van der Waals surface area contributed by atoms with Crippen LogP contribution in [0.3, 0.4) is 0 Å². The maximum atomic E-state index is 12.2. The Bertz CT molecular complexity index is 908. The van der Waals surface area contributed by atoms with E-state index in [9.17, 15) is 4.79 Å². The van der Waals surface area contributed by atoms with E-state index in [4.69, 9.17) is 9.47 Å². The van der Waals surface area contributed by atoms with Gasteiger partial charge in [0.2, 0.25) is 0 Å². The molecule has 1 amide bonds. The molecule has 3 aromatic rings. The maximum absolute atomic E-state index is 12.2. The topological polar surface area (TPSA) is 78.3 Å². The van der Waals surface area contributed by atoms with Gasteiger partial charge in [-0.2, -0.15) is 9.90 Å². The van der Waals surface area contributed by atoms with E-state index >= 15 is 0 Å². The van der Waals surface area contributed by atoms with Gasteiger partial charge in [-0.25, -0.2) is 0 Å². The number of nitrogens with one attached hydrogen (secondary N) is 1. The third kappa shape index (κ3) is 3.51. The third-order valence-corrected chi connectivity index (χ3v) is 4.02. The summed E-state index contributed by atoms with van der Waals surface area (Å²) in [6, 6.07) is 15.3. The number of ether oxygens (including phenoxy) is 2. The zero-order chi connectivity index (χ0) is 17.8. The fourth-order valence-corrected chi connectivity index (χ4v) is 2.71. The molecule has 26 heavy (non-hydrogen) atoms. The highest BCUT2D eigenvalue weighted by molar-refractivity contribution is 5.91. The van der Waals surface area contributed by atoms with Crippen molar-refractivity contribution in [2.75, 3.05) is 19.8 Å². The fraction of sp³-hybridized carbons (Fsp3) is 0.211. The highest BCUT2D eigenvalue weighted by atomic mass is 16.6. The molecule has 0 saturated carbocycles. The number of amides is 1. The first kappa shape index (κ1) is 16.1. The smallest absolute Gasteiger partial charge is 0.273 e. The molecule has 0 unspecified atom stereocenters. The molecule has 0 atom stereocenters. The summed E-state index contributed by atoms with van der Waals surface area (Å²) in [7, 11) is 0. The van der Waals surface area contributed by atoms with Gasteiger partial charge in [0.15, 0.2) is 17.2 Å². The number of nitrogens with zero attached hydrogens (tertiary/aromatic N) is 3. The molecule has 2 heterocycles. The molecule has 1 N–H and O–H groups in total. The number of fused-ring (bicyclic) bond motifs is 1. The summed E-state index contributed by atoms with van der Waals surface area (Å²) in [6.07, 6.45) is 2.15. The van der Waals surface area contributed by atoms with Crippen LogP contribution in [-0.4, -0.2) is 40.7 Å². The summed E-state index contributed by atoms with van der Waals surface area (Å²) in [4.78, 5) is 13.7. The molecule has 0 saturated heterocycles. The van der Waals surface area contributed by atoms with Gasteiger partial charge in [0.25, 0.3) is 5.91 Å². The van der Waals surface area contributed by atoms with E-state index < -0.39 is 0 Å². The van der Waals surface area contributed by atoms with Gasteiger partial charge < -0.3 is 14.8 Å². The average molecular weight is 350 g/mol. The number of aromatic nitrogens is 3. The van der Waals surface area contributed by atoms with Gasteiger partial charge in [-0.1, -0.05) is 24.3 Å². The molecule has 0 fully saturated rings. The molecule has 0 bridgehead atoms. The maximum Gasteiger partial charge on any atom is 0.273 e. The Balaban J connectivity index is 1.34. The molecule has 4 rings (SSSR count). The Labute approximate surface area is 150 Å². The summed E-state index contributed by atoms with van der Waals surface area (Å²) < 4.78 is 11.1. The summed E-state index contributed by atoms with van der Waals surface area (Å²) in [5.41, 5.74) is 2.17. The van der Waals surface area contributed by atoms with E-state index in [0.29, 0.717) is 26.2 Å². The lowest BCUT2D eigenvalue weighted by molar-refractivity contribution is 0.0948. The van der Waals surface area contributed by atoms with Crippen molar-refractivity contribution in [3.05, 3.63) is 66.0 Å².